The van der Waals surface area contributed by atoms with Crippen molar-refractivity contribution >= 4 is 23.4 Å². The van der Waals surface area contributed by atoms with Gasteiger partial charge in [0, 0.05) is 24.5 Å². The Morgan fingerprint density at radius 2 is 1.74 bits per heavy atom. The van der Waals surface area contributed by atoms with Gasteiger partial charge < -0.3 is 15.3 Å². The maximum Gasteiger partial charge on any atom is 0.242 e. The Morgan fingerprint density at radius 3 is 2.37 bits per heavy atom. The third-order valence-electron chi connectivity index (χ3n) is 4.31. The summed E-state index contributed by atoms with van der Waals surface area (Å²) in [6, 6.07) is 16.4. The third kappa shape index (κ3) is 6.70. The van der Waals surface area contributed by atoms with Gasteiger partial charge >= 0.3 is 0 Å². The zero-order chi connectivity index (χ0) is 19.6. The van der Waals surface area contributed by atoms with E-state index < -0.39 is 6.04 Å². The Morgan fingerprint density at radius 1 is 1.07 bits per heavy atom. The number of aryl methyl sites for hydroxylation is 1. The predicted molar refractivity (Wildman–Crippen MR) is 106 cm³/mol. The number of aliphatic hydroxyl groups is 1. The molecule has 5 nitrogen and oxygen atoms in total. The first-order chi connectivity index (χ1) is 13.0. The Kier molecular flexibility index (Phi) is 8.30. The second-order valence-corrected chi connectivity index (χ2v) is 6.76. The molecule has 0 saturated heterocycles. The van der Waals surface area contributed by atoms with Crippen LogP contribution in [0.4, 0.5) is 0 Å². The first-order valence-electron chi connectivity index (χ1n) is 8.97. The van der Waals surface area contributed by atoms with E-state index in [-0.39, 0.29) is 25.0 Å². The number of benzene rings is 2. The fourth-order valence-electron chi connectivity index (χ4n) is 2.74. The summed E-state index contributed by atoms with van der Waals surface area (Å²) in [6.07, 6.45) is 0.928. The minimum atomic E-state index is -0.643. The van der Waals surface area contributed by atoms with Crippen LogP contribution >= 0.6 is 11.6 Å². The van der Waals surface area contributed by atoms with Crippen molar-refractivity contribution in [1.29, 1.82) is 0 Å². The number of carbonyl (C=O) groups is 2. The summed E-state index contributed by atoms with van der Waals surface area (Å²) in [5.74, 6) is -0.383. The highest BCUT2D eigenvalue weighted by molar-refractivity contribution is 6.30. The van der Waals surface area contributed by atoms with Gasteiger partial charge in [-0.25, -0.2) is 0 Å². The van der Waals surface area contributed by atoms with Gasteiger partial charge in [-0.3, -0.25) is 9.59 Å². The Bertz CT molecular complexity index is 735. The number of hydrogen-bond donors (Lipinski definition) is 2. The average Bonchev–Trinajstić information content (AvgIpc) is 2.70. The van der Waals surface area contributed by atoms with Crippen molar-refractivity contribution in [2.24, 2.45) is 0 Å². The van der Waals surface area contributed by atoms with Crippen molar-refractivity contribution in [1.82, 2.24) is 10.2 Å². The van der Waals surface area contributed by atoms with Crippen LogP contribution in [0.1, 0.15) is 24.5 Å². The molecular formula is C21H25ClN2O3. The molecule has 1 unspecified atom stereocenters. The molecule has 1 atom stereocenters. The van der Waals surface area contributed by atoms with Crippen LogP contribution in [-0.2, 0) is 22.6 Å². The van der Waals surface area contributed by atoms with Crippen LogP contribution in [0.5, 0.6) is 0 Å². The van der Waals surface area contributed by atoms with E-state index in [2.05, 4.69) is 5.32 Å². The van der Waals surface area contributed by atoms with Crippen LogP contribution in [0.2, 0.25) is 5.02 Å². The zero-order valence-electron chi connectivity index (χ0n) is 15.4. The quantitative estimate of drug-likeness (QED) is 0.694. The van der Waals surface area contributed by atoms with Crippen LogP contribution in [0.25, 0.3) is 0 Å². The van der Waals surface area contributed by atoms with Crippen molar-refractivity contribution in [3.05, 3.63) is 70.7 Å². The highest BCUT2D eigenvalue weighted by atomic mass is 35.5. The summed E-state index contributed by atoms with van der Waals surface area (Å²) >= 11 is 5.93. The smallest absolute Gasteiger partial charge is 0.242 e. The lowest BCUT2D eigenvalue weighted by molar-refractivity contribution is -0.140. The molecule has 144 valence electrons. The molecule has 2 N–H and O–H groups in total. The van der Waals surface area contributed by atoms with Crippen LogP contribution < -0.4 is 5.32 Å². The number of rotatable bonds is 9. The van der Waals surface area contributed by atoms with E-state index in [1.165, 1.54) is 0 Å². The lowest BCUT2D eigenvalue weighted by Crippen LogP contribution is -2.48. The highest BCUT2D eigenvalue weighted by Crippen LogP contribution is 2.15. The van der Waals surface area contributed by atoms with E-state index in [1.54, 1.807) is 24.0 Å². The summed E-state index contributed by atoms with van der Waals surface area (Å²) < 4.78 is 0. The van der Waals surface area contributed by atoms with E-state index >= 15 is 0 Å². The number of hydrogen-bond acceptors (Lipinski definition) is 3. The molecule has 0 spiro atoms. The van der Waals surface area contributed by atoms with Crippen molar-refractivity contribution in [2.75, 3.05) is 13.2 Å². The van der Waals surface area contributed by atoms with E-state index in [1.807, 2.05) is 42.5 Å². The van der Waals surface area contributed by atoms with Gasteiger partial charge in [0.2, 0.25) is 11.8 Å². The lowest BCUT2D eigenvalue weighted by atomic mass is 10.1. The number of carbonyl (C=O) groups excluding carboxylic acids is 2. The van der Waals surface area contributed by atoms with E-state index in [9.17, 15) is 9.59 Å². The van der Waals surface area contributed by atoms with Gasteiger partial charge in [-0.2, -0.15) is 0 Å². The fourth-order valence-corrected chi connectivity index (χ4v) is 2.86. The van der Waals surface area contributed by atoms with Crippen molar-refractivity contribution < 1.29 is 14.7 Å². The van der Waals surface area contributed by atoms with Gasteiger partial charge in [0.05, 0.1) is 6.61 Å². The number of halogens is 1. The van der Waals surface area contributed by atoms with Crippen molar-refractivity contribution in [3.8, 4) is 0 Å². The second-order valence-electron chi connectivity index (χ2n) is 6.32. The Labute approximate surface area is 165 Å². The molecule has 0 aliphatic carbocycles. The summed E-state index contributed by atoms with van der Waals surface area (Å²) in [5.41, 5.74) is 1.98. The molecule has 0 heterocycles. The predicted octanol–water partition coefficient (Wildman–Crippen LogP) is 2.80. The van der Waals surface area contributed by atoms with E-state index in [4.69, 9.17) is 16.7 Å². The fraction of sp³-hybridized carbons (Fsp3) is 0.333. The van der Waals surface area contributed by atoms with Gasteiger partial charge in [-0.1, -0.05) is 54.1 Å². The number of nitrogens with one attached hydrogen (secondary N) is 1. The first-order valence-corrected chi connectivity index (χ1v) is 9.35. The normalized spacial score (nSPS) is 11.7. The molecule has 0 aliphatic heterocycles. The van der Waals surface area contributed by atoms with Gasteiger partial charge in [0.1, 0.15) is 6.04 Å². The van der Waals surface area contributed by atoms with E-state index in [0.29, 0.717) is 24.4 Å². The molecule has 6 heteroatoms. The minimum absolute atomic E-state index is 0.0968. The maximum atomic E-state index is 12.9. The van der Waals surface area contributed by atoms with Crippen molar-refractivity contribution in [2.45, 2.75) is 32.4 Å². The largest absolute Gasteiger partial charge is 0.395 e. The van der Waals surface area contributed by atoms with Crippen molar-refractivity contribution in [3.63, 3.8) is 0 Å². The average molecular weight is 389 g/mol. The standard InChI is InChI=1S/C21H25ClN2O3/c1-16(21(27)23-13-14-25)24(15-18-7-10-19(22)11-8-18)20(26)12-9-17-5-3-2-4-6-17/h2-8,10-11,16,25H,9,12-15H2,1H3,(H,23,27). The molecule has 0 radical (unpaired) electrons. The summed E-state index contributed by atoms with van der Waals surface area (Å²) in [4.78, 5) is 26.8. The van der Waals surface area contributed by atoms with Crippen LogP contribution in [0.15, 0.2) is 54.6 Å². The number of amides is 2. The zero-order valence-corrected chi connectivity index (χ0v) is 16.2. The summed E-state index contributed by atoms with van der Waals surface area (Å²) in [7, 11) is 0. The molecule has 2 aromatic rings. The maximum absolute atomic E-state index is 12.9. The molecule has 2 aromatic carbocycles. The monoisotopic (exact) mass is 388 g/mol. The van der Waals surface area contributed by atoms with Crippen LogP contribution in [0.3, 0.4) is 0 Å². The molecule has 0 aromatic heterocycles. The van der Waals surface area contributed by atoms with Gasteiger partial charge in [-0.15, -0.1) is 0 Å². The minimum Gasteiger partial charge on any atom is -0.395 e. The molecule has 2 rings (SSSR count). The Balaban J connectivity index is 2.10. The Hall–Kier alpha value is -2.37. The summed E-state index contributed by atoms with van der Waals surface area (Å²) in [6.45, 7) is 2.04. The van der Waals surface area contributed by atoms with Gasteiger partial charge in [0.25, 0.3) is 0 Å². The van der Waals surface area contributed by atoms with E-state index in [0.717, 1.165) is 11.1 Å². The topological polar surface area (TPSA) is 69.6 Å². The molecule has 0 aliphatic rings. The van der Waals surface area contributed by atoms with Crippen LogP contribution in [0, 0.1) is 0 Å². The molecular weight excluding hydrogens is 364 g/mol. The second kappa shape index (κ2) is 10.7. The number of aliphatic hydroxyl groups excluding tert-OH is 1. The number of nitrogens with zero attached hydrogens (tertiary/aromatic N) is 1. The lowest BCUT2D eigenvalue weighted by Gasteiger charge is -2.29. The molecule has 2 amide bonds. The molecule has 27 heavy (non-hydrogen) atoms. The molecule has 0 fully saturated rings. The van der Waals surface area contributed by atoms with Crippen LogP contribution in [-0.4, -0.2) is 41.0 Å². The van der Waals surface area contributed by atoms with Gasteiger partial charge in [-0.05, 0) is 36.6 Å². The molecule has 0 saturated carbocycles. The highest BCUT2D eigenvalue weighted by Gasteiger charge is 2.25. The third-order valence-corrected chi connectivity index (χ3v) is 4.57. The SMILES string of the molecule is CC(C(=O)NCCO)N(Cc1ccc(Cl)cc1)C(=O)CCc1ccccc1. The first kappa shape index (κ1) is 20.9. The summed E-state index contributed by atoms with van der Waals surface area (Å²) in [5, 5.41) is 12.2. The molecule has 0 bridgehead atoms. The van der Waals surface area contributed by atoms with Gasteiger partial charge in [0.15, 0.2) is 0 Å².